The maximum Gasteiger partial charge on any atom is 0.402 e. The topological polar surface area (TPSA) is 84.5 Å². The molecule has 2 aromatic rings. The molecule has 2 aromatic carbocycles. The first-order chi connectivity index (χ1) is 13.1. The summed E-state index contributed by atoms with van der Waals surface area (Å²) < 4.78 is 67.0. The molecule has 1 amide bonds. The van der Waals surface area contributed by atoms with Gasteiger partial charge in [-0.15, -0.1) is 0 Å². The Morgan fingerprint density at radius 1 is 1.11 bits per heavy atom. The number of aryl methyl sites for hydroxylation is 1. The van der Waals surface area contributed by atoms with Crippen molar-refractivity contribution in [1.29, 1.82) is 0 Å². The van der Waals surface area contributed by atoms with Crippen molar-refractivity contribution in [2.75, 3.05) is 18.5 Å². The first kappa shape index (κ1) is 21.7. The van der Waals surface area contributed by atoms with E-state index in [1.54, 1.807) is 6.07 Å². The molecule has 0 aliphatic carbocycles. The molecule has 10 heteroatoms. The van der Waals surface area contributed by atoms with Gasteiger partial charge in [-0.25, -0.2) is 13.1 Å². The maximum atomic E-state index is 12.2. The molecular formula is C18H19F3N2O4S. The summed E-state index contributed by atoms with van der Waals surface area (Å²) in [5, 5.41) is 2.52. The number of nitrogens with one attached hydrogen (secondary N) is 2. The number of carbonyl (C=O) groups is 1. The molecule has 0 unspecified atom stereocenters. The van der Waals surface area contributed by atoms with E-state index in [4.69, 9.17) is 4.74 Å². The van der Waals surface area contributed by atoms with Crippen LogP contribution >= 0.6 is 0 Å². The van der Waals surface area contributed by atoms with Crippen molar-refractivity contribution in [3.05, 3.63) is 54.1 Å². The molecule has 2 N–H and O–H groups in total. The highest BCUT2D eigenvalue weighted by molar-refractivity contribution is 7.89. The lowest BCUT2D eigenvalue weighted by molar-refractivity contribution is -0.121. The largest absolute Gasteiger partial charge is 0.484 e. The zero-order chi connectivity index (χ0) is 20.8. The number of halogens is 3. The number of hydrogen-bond donors (Lipinski definition) is 2. The number of rotatable bonds is 8. The SMILES string of the molecule is CCc1cccc(OCC(=O)Nc2ccc(S(=O)(=O)NCC(F)(F)F)cc2)c1. The standard InChI is InChI=1S/C18H19F3N2O4S/c1-2-13-4-3-5-15(10-13)27-11-17(24)23-14-6-8-16(9-7-14)28(25,26)22-12-18(19,20)21/h3-10,22H,2,11-12H2,1H3,(H,23,24). The van der Waals surface area contributed by atoms with Crippen molar-refractivity contribution >= 4 is 21.6 Å². The first-order valence-electron chi connectivity index (χ1n) is 8.27. The predicted octanol–water partition coefficient (Wildman–Crippen LogP) is 3.11. The summed E-state index contributed by atoms with van der Waals surface area (Å²) in [6.45, 7) is 0.0824. The van der Waals surface area contributed by atoms with Crippen LogP contribution in [0, 0.1) is 0 Å². The minimum absolute atomic E-state index is 0.250. The molecule has 0 heterocycles. The highest BCUT2D eigenvalue weighted by atomic mass is 32.2. The lowest BCUT2D eigenvalue weighted by Crippen LogP contribution is -2.33. The van der Waals surface area contributed by atoms with Gasteiger partial charge in [0.05, 0.1) is 4.90 Å². The Kier molecular flexibility index (Phi) is 7.03. The summed E-state index contributed by atoms with van der Waals surface area (Å²) in [7, 11) is -4.30. The lowest BCUT2D eigenvalue weighted by atomic mass is 10.2. The van der Waals surface area contributed by atoms with Crippen LogP contribution in [0.15, 0.2) is 53.4 Å². The van der Waals surface area contributed by atoms with Gasteiger partial charge < -0.3 is 10.1 Å². The van der Waals surface area contributed by atoms with Gasteiger partial charge in [0.1, 0.15) is 12.3 Å². The van der Waals surface area contributed by atoms with Crippen LogP contribution in [-0.4, -0.2) is 33.7 Å². The van der Waals surface area contributed by atoms with Gasteiger partial charge in [-0.1, -0.05) is 19.1 Å². The predicted molar refractivity (Wildman–Crippen MR) is 97.6 cm³/mol. The van der Waals surface area contributed by atoms with Crippen LogP contribution in [0.4, 0.5) is 18.9 Å². The van der Waals surface area contributed by atoms with E-state index in [9.17, 15) is 26.4 Å². The zero-order valence-electron chi connectivity index (χ0n) is 14.9. The van der Waals surface area contributed by atoms with Crippen molar-refractivity contribution in [2.45, 2.75) is 24.4 Å². The van der Waals surface area contributed by atoms with Gasteiger partial charge in [0.15, 0.2) is 6.61 Å². The van der Waals surface area contributed by atoms with E-state index < -0.39 is 28.7 Å². The van der Waals surface area contributed by atoms with E-state index >= 15 is 0 Å². The molecule has 0 aromatic heterocycles. The van der Waals surface area contributed by atoms with E-state index in [1.807, 2.05) is 25.1 Å². The highest BCUT2D eigenvalue weighted by Crippen LogP contribution is 2.17. The van der Waals surface area contributed by atoms with E-state index in [0.717, 1.165) is 24.1 Å². The Balaban J connectivity index is 1.91. The molecule has 0 aliphatic rings. The summed E-state index contributed by atoms with van der Waals surface area (Å²) in [5.74, 6) is 0.0828. The molecule has 0 spiro atoms. The van der Waals surface area contributed by atoms with E-state index in [2.05, 4.69) is 5.32 Å². The van der Waals surface area contributed by atoms with Crippen LogP contribution in [0.3, 0.4) is 0 Å². The second kappa shape index (κ2) is 9.07. The quantitative estimate of drug-likeness (QED) is 0.693. The van der Waals surface area contributed by atoms with Gasteiger partial charge in [-0.3, -0.25) is 4.79 Å². The molecule has 0 saturated carbocycles. The lowest BCUT2D eigenvalue weighted by Gasteiger charge is -2.11. The van der Waals surface area contributed by atoms with E-state index in [1.165, 1.54) is 16.9 Å². The maximum absolute atomic E-state index is 12.2. The second-order valence-corrected chi connectivity index (χ2v) is 7.57. The number of ether oxygens (including phenoxy) is 1. The third-order valence-electron chi connectivity index (χ3n) is 3.59. The molecule has 152 valence electrons. The number of carbonyl (C=O) groups excluding carboxylic acids is 1. The summed E-state index contributed by atoms with van der Waals surface area (Å²) >= 11 is 0. The molecule has 0 fully saturated rings. The van der Waals surface area contributed by atoms with Crippen molar-refractivity contribution in [3.63, 3.8) is 0 Å². The van der Waals surface area contributed by atoms with Crippen LogP contribution in [0.25, 0.3) is 0 Å². The third-order valence-corrected chi connectivity index (χ3v) is 5.00. The van der Waals surface area contributed by atoms with Gasteiger partial charge in [0.25, 0.3) is 5.91 Å². The minimum Gasteiger partial charge on any atom is -0.484 e. The molecule has 0 atom stereocenters. The van der Waals surface area contributed by atoms with E-state index in [0.29, 0.717) is 5.75 Å². The number of amides is 1. The second-order valence-electron chi connectivity index (χ2n) is 5.80. The van der Waals surface area contributed by atoms with Crippen molar-refractivity contribution in [2.24, 2.45) is 0 Å². The zero-order valence-corrected chi connectivity index (χ0v) is 15.7. The Labute approximate surface area is 160 Å². The molecule has 0 radical (unpaired) electrons. The molecule has 2 rings (SSSR count). The van der Waals surface area contributed by atoms with Crippen LogP contribution in [0.5, 0.6) is 5.75 Å². The Bertz CT molecular complexity index is 913. The number of anilines is 1. The fraction of sp³-hybridized carbons (Fsp3) is 0.278. The molecule has 28 heavy (non-hydrogen) atoms. The molecule has 0 saturated heterocycles. The highest BCUT2D eigenvalue weighted by Gasteiger charge is 2.30. The fourth-order valence-corrected chi connectivity index (χ4v) is 3.19. The Morgan fingerprint density at radius 3 is 2.39 bits per heavy atom. The van der Waals surface area contributed by atoms with Crippen LogP contribution < -0.4 is 14.8 Å². The number of benzene rings is 2. The van der Waals surface area contributed by atoms with Crippen LogP contribution in [-0.2, 0) is 21.2 Å². The number of sulfonamides is 1. The molecular weight excluding hydrogens is 397 g/mol. The van der Waals surface area contributed by atoms with Crippen molar-refractivity contribution < 1.29 is 31.1 Å². The van der Waals surface area contributed by atoms with Crippen molar-refractivity contribution in [3.8, 4) is 5.75 Å². The van der Waals surface area contributed by atoms with Gasteiger partial charge >= 0.3 is 6.18 Å². The summed E-state index contributed by atoms with van der Waals surface area (Å²) in [6.07, 6.45) is -3.83. The monoisotopic (exact) mass is 416 g/mol. The average Bonchev–Trinajstić information content (AvgIpc) is 2.65. The van der Waals surface area contributed by atoms with E-state index in [-0.39, 0.29) is 17.2 Å². The van der Waals surface area contributed by atoms with Gasteiger partial charge in [0.2, 0.25) is 10.0 Å². The average molecular weight is 416 g/mol. The van der Waals surface area contributed by atoms with Crippen LogP contribution in [0.2, 0.25) is 0 Å². The van der Waals surface area contributed by atoms with Crippen LogP contribution in [0.1, 0.15) is 12.5 Å². The van der Waals surface area contributed by atoms with Gasteiger partial charge in [-0.05, 0) is 48.4 Å². The number of alkyl halides is 3. The molecule has 0 aliphatic heterocycles. The summed E-state index contributed by atoms with van der Waals surface area (Å²) in [4.78, 5) is 11.6. The smallest absolute Gasteiger partial charge is 0.402 e. The fourth-order valence-electron chi connectivity index (χ4n) is 2.18. The number of hydrogen-bond acceptors (Lipinski definition) is 4. The first-order valence-corrected chi connectivity index (χ1v) is 9.75. The van der Waals surface area contributed by atoms with Gasteiger partial charge in [-0.2, -0.15) is 13.2 Å². The summed E-state index contributed by atoms with van der Waals surface area (Å²) in [6, 6.07) is 12.0. The van der Waals surface area contributed by atoms with Gasteiger partial charge in [0, 0.05) is 5.69 Å². The minimum atomic E-state index is -4.66. The molecule has 0 bridgehead atoms. The normalized spacial score (nSPS) is 11.9. The molecule has 6 nitrogen and oxygen atoms in total. The Hall–Kier alpha value is -2.59. The third kappa shape index (κ3) is 6.86. The Morgan fingerprint density at radius 2 is 1.79 bits per heavy atom. The van der Waals surface area contributed by atoms with Crippen molar-refractivity contribution in [1.82, 2.24) is 4.72 Å². The summed E-state index contributed by atoms with van der Waals surface area (Å²) in [5.41, 5.74) is 1.35.